The summed E-state index contributed by atoms with van der Waals surface area (Å²) in [4.78, 5) is 5.06. The van der Waals surface area contributed by atoms with Crippen molar-refractivity contribution in [3.63, 3.8) is 0 Å². The van der Waals surface area contributed by atoms with Crippen molar-refractivity contribution >= 4 is 0 Å². The summed E-state index contributed by atoms with van der Waals surface area (Å²) in [5.74, 6) is 0. The zero-order chi connectivity index (χ0) is 17.6. The van der Waals surface area contributed by atoms with Crippen molar-refractivity contribution in [3.05, 3.63) is 23.4 Å². The first kappa shape index (κ1) is 18.4. The van der Waals surface area contributed by atoms with Crippen molar-refractivity contribution in [3.8, 4) is 0 Å². The first-order valence-electron chi connectivity index (χ1n) is 10.4. The number of piperazine rings is 1. The molecule has 0 spiro atoms. The minimum Gasteiger partial charge on any atom is -0.378 e. The molecule has 26 heavy (non-hydrogen) atoms. The maximum Gasteiger partial charge on any atom is 0.101 e. The van der Waals surface area contributed by atoms with E-state index < -0.39 is 0 Å². The lowest BCUT2D eigenvalue weighted by atomic mass is 9.98. The number of nitrogens with one attached hydrogen (secondary N) is 2. The van der Waals surface area contributed by atoms with Crippen LogP contribution in [0.2, 0.25) is 0 Å². The van der Waals surface area contributed by atoms with Crippen LogP contribution in [0.5, 0.6) is 0 Å². The van der Waals surface area contributed by atoms with Gasteiger partial charge in [-0.05, 0) is 44.0 Å². The smallest absolute Gasteiger partial charge is 0.101 e. The van der Waals surface area contributed by atoms with Crippen molar-refractivity contribution in [1.82, 2.24) is 20.4 Å². The summed E-state index contributed by atoms with van der Waals surface area (Å²) in [6.07, 6.45) is 8.71. The Hall–Kier alpha value is -0.920. The number of ether oxygens (including phenoxy) is 2. The van der Waals surface area contributed by atoms with Crippen molar-refractivity contribution < 1.29 is 9.47 Å². The van der Waals surface area contributed by atoms with Crippen LogP contribution in [-0.4, -0.2) is 94.1 Å². The molecule has 6 nitrogen and oxygen atoms in total. The van der Waals surface area contributed by atoms with Crippen LogP contribution < -0.4 is 10.6 Å². The number of hydrogen-bond acceptors (Lipinski definition) is 6. The van der Waals surface area contributed by atoms with Gasteiger partial charge in [0.2, 0.25) is 0 Å². The van der Waals surface area contributed by atoms with Crippen molar-refractivity contribution in [1.29, 1.82) is 0 Å². The Bertz CT molecular complexity index is 504. The molecule has 4 rings (SSSR count). The predicted molar refractivity (Wildman–Crippen MR) is 103 cm³/mol. The molecule has 0 saturated carbocycles. The van der Waals surface area contributed by atoms with Gasteiger partial charge in [0.05, 0.1) is 19.3 Å². The highest BCUT2D eigenvalue weighted by atomic mass is 16.5. The highest BCUT2D eigenvalue weighted by Gasteiger charge is 2.28. The number of piperidine rings is 1. The van der Waals surface area contributed by atoms with Gasteiger partial charge < -0.3 is 25.0 Å². The van der Waals surface area contributed by atoms with E-state index in [-0.39, 0.29) is 6.10 Å². The monoisotopic (exact) mass is 362 g/mol. The lowest BCUT2D eigenvalue weighted by Gasteiger charge is -2.39. The summed E-state index contributed by atoms with van der Waals surface area (Å²) in [5, 5.41) is 6.88. The summed E-state index contributed by atoms with van der Waals surface area (Å²) < 4.78 is 12.2. The van der Waals surface area contributed by atoms with Crippen LogP contribution in [0.15, 0.2) is 23.4 Å². The van der Waals surface area contributed by atoms with Crippen LogP contribution in [0.3, 0.4) is 0 Å². The number of hydrogen-bond donors (Lipinski definition) is 2. The Morgan fingerprint density at radius 2 is 1.73 bits per heavy atom. The van der Waals surface area contributed by atoms with Crippen LogP contribution in [0, 0.1) is 0 Å². The van der Waals surface area contributed by atoms with Gasteiger partial charge in [-0.25, -0.2) is 0 Å². The fraction of sp³-hybridized carbons (Fsp3) is 0.800. The molecule has 1 unspecified atom stereocenters. The molecule has 1 aliphatic carbocycles. The Kier molecular flexibility index (Phi) is 6.62. The zero-order valence-corrected chi connectivity index (χ0v) is 15.9. The van der Waals surface area contributed by atoms with E-state index in [0.29, 0.717) is 6.10 Å². The molecule has 2 N–H and O–H groups in total. The topological polar surface area (TPSA) is 49.0 Å². The number of nitrogens with zero attached hydrogens (tertiary/aromatic N) is 2. The maximum absolute atomic E-state index is 6.58. The molecule has 3 fully saturated rings. The third kappa shape index (κ3) is 4.87. The predicted octanol–water partition coefficient (Wildman–Crippen LogP) is 0.575. The molecule has 0 aromatic rings. The van der Waals surface area contributed by atoms with E-state index in [0.717, 1.165) is 91.4 Å². The minimum absolute atomic E-state index is 0.211. The SMILES string of the molecule is C1=C(CN2CCNCC2)C=C(N2CCOCC2)C(OC2CCNCC2)C1. The molecule has 6 heteroatoms. The van der Waals surface area contributed by atoms with Gasteiger partial charge in [0.25, 0.3) is 0 Å². The van der Waals surface area contributed by atoms with Gasteiger partial charge in [-0.3, -0.25) is 4.90 Å². The molecule has 0 aromatic carbocycles. The molecular formula is C20H34N4O2. The molecule has 146 valence electrons. The van der Waals surface area contributed by atoms with Gasteiger partial charge in [-0.2, -0.15) is 0 Å². The maximum atomic E-state index is 6.58. The third-order valence-electron chi connectivity index (χ3n) is 5.89. The second kappa shape index (κ2) is 9.33. The molecule has 0 aromatic heterocycles. The molecule has 0 bridgehead atoms. The minimum atomic E-state index is 0.211. The van der Waals surface area contributed by atoms with Crippen molar-refractivity contribution in [2.24, 2.45) is 0 Å². The van der Waals surface area contributed by atoms with E-state index in [2.05, 4.69) is 32.6 Å². The van der Waals surface area contributed by atoms with Crippen LogP contribution in [0.25, 0.3) is 0 Å². The summed E-state index contributed by atoms with van der Waals surface area (Å²) in [6, 6.07) is 0. The van der Waals surface area contributed by atoms with E-state index >= 15 is 0 Å². The molecule has 3 heterocycles. The Labute approximate surface area is 157 Å². The number of morpholine rings is 1. The summed E-state index contributed by atoms with van der Waals surface area (Å²) in [6.45, 7) is 11.4. The van der Waals surface area contributed by atoms with Crippen molar-refractivity contribution in [2.45, 2.75) is 31.5 Å². The van der Waals surface area contributed by atoms with Gasteiger partial charge in [-0.15, -0.1) is 0 Å². The third-order valence-corrected chi connectivity index (χ3v) is 5.89. The average Bonchev–Trinajstić information content (AvgIpc) is 2.71. The molecule has 3 aliphatic heterocycles. The summed E-state index contributed by atoms with van der Waals surface area (Å²) in [7, 11) is 0. The lowest BCUT2D eigenvalue weighted by molar-refractivity contribution is -0.0304. The molecule has 3 saturated heterocycles. The van der Waals surface area contributed by atoms with Gasteiger partial charge >= 0.3 is 0 Å². The largest absolute Gasteiger partial charge is 0.378 e. The van der Waals surface area contributed by atoms with Crippen LogP contribution in [-0.2, 0) is 9.47 Å². The quantitative estimate of drug-likeness (QED) is 0.746. The van der Waals surface area contributed by atoms with Crippen LogP contribution in [0.1, 0.15) is 19.3 Å². The zero-order valence-electron chi connectivity index (χ0n) is 15.9. The number of rotatable bonds is 5. The van der Waals surface area contributed by atoms with E-state index in [1.807, 2.05) is 0 Å². The van der Waals surface area contributed by atoms with E-state index in [1.165, 1.54) is 11.3 Å². The summed E-state index contributed by atoms with van der Waals surface area (Å²) >= 11 is 0. The molecule has 4 aliphatic rings. The Morgan fingerprint density at radius 3 is 2.50 bits per heavy atom. The van der Waals surface area contributed by atoms with Gasteiger partial charge in [0.1, 0.15) is 6.10 Å². The fourth-order valence-electron chi connectivity index (χ4n) is 4.36. The summed E-state index contributed by atoms with van der Waals surface area (Å²) in [5.41, 5.74) is 2.85. The van der Waals surface area contributed by atoms with Crippen LogP contribution in [0.4, 0.5) is 0 Å². The Balaban J connectivity index is 1.43. The van der Waals surface area contributed by atoms with Gasteiger partial charge in [0, 0.05) is 51.5 Å². The standard InChI is InChI=1S/C20H34N4O2/c1-2-20(26-18-3-5-21-6-4-18)19(24-11-13-25-14-12-24)15-17(1)16-23-9-7-22-8-10-23/h1,15,18,20-22H,2-14,16H2. The second-order valence-electron chi connectivity index (χ2n) is 7.78. The molecular weight excluding hydrogens is 328 g/mol. The normalized spacial score (nSPS) is 29.4. The van der Waals surface area contributed by atoms with Gasteiger partial charge in [0.15, 0.2) is 0 Å². The molecule has 0 amide bonds. The highest BCUT2D eigenvalue weighted by Crippen LogP contribution is 2.27. The first-order valence-corrected chi connectivity index (χ1v) is 10.4. The van der Waals surface area contributed by atoms with Gasteiger partial charge in [-0.1, -0.05) is 6.08 Å². The highest BCUT2D eigenvalue weighted by molar-refractivity contribution is 5.32. The Morgan fingerprint density at radius 1 is 1.00 bits per heavy atom. The van der Waals surface area contributed by atoms with E-state index in [9.17, 15) is 0 Å². The van der Waals surface area contributed by atoms with Crippen LogP contribution >= 0.6 is 0 Å². The lowest BCUT2D eigenvalue weighted by Crippen LogP contribution is -2.45. The van der Waals surface area contributed by atoms with E-state index in [4.69, 9.17) is 9.47 Å². The van der Waals surface area contributed by atoms with E-state index in [1.54, 1.807) is 0 Å². The van der Waals surface area contributed by atoms with Crippen molar-refractivity contribution in [2.75, 3.05) is 72.1 Å². The fourth-order valence-corrected chi connectivity index (χ4v) is 4.36. The molecule has 1 atom stereocenters. The molecule has 0 radical (unpaired) electrons. The average molecular weight is 363 g/mol. The first-order chi connectivity index (χ1) is 12.9. The second-order valence-corrected chi connectivity index (χ2v) is 7.78.